The third-order valence-electron chi connectivity index (χ3n) is 2.49. The Morgan fingerprint density at radius 1 is 1.12 bits per heavy atom. The van der Waals surface area contributed by atoms with Crippen LogP contribution in [0.4, 0.5) is 0 Å². The van der Waals surface area contributed by atoms with E-state index in [0.29, 0.717) is 0 Å². The minimum absolute atomic E-state index is 0. The lowest BCUT2D eigenvalue weighted by Crippen LogP contribution is -3.00. The van der Waals surface area contributed by atoms with Gasteiger partial charge in [-0.3, -0.25) is 0 Å². The van der Waals surface area contributed by atoms with Crippen molar-refractivity contribution in [2.45, 2.75) is 32.2 Å². The Morgan fingerprint density at radius 2 is 1.81 bits per heavy atom. The first-order valence-corrected chi connectivity index (χ1v) is 6.29. The summed E-state index contributed by atoms with van der Waals surface area (Å²) in [4.78, 5) is 0. The Labute approximate surface area is 114 Å². The van der Waals surface area contributed by atoms with E-state index in [4.69, 9.17) is 5.73 Å². The van der Waals surface area contributed by atoms with Crippen molar-refractivity contribution in [1.82, 2.24) is 0 Å². The molecule has 1 aromatic heterocycles. The van der Waals surface area contributed by atoms with E-state index in [0.717, 1.165) is 25.3 Å². The van der Waals surface area contributed by atoms with Crippen LogP contribution in [0.5, 0.6) is 0 Å². The molecule has 16 heavy (non-hydrogen) atoms. The SMILES string of the molecule is NCCCCCc1cc[n+](CCS)cc1.[Br-]. The first-order chi connectivity index (χ1) is 7.36. The van der Waals surface area contributed by atoms with Crippen LogP contribution >= 0.6 is 12.6 Å². The number of nitrogens with zero attached hydrogens (tertiary/aromatic N) is 1. The van der Waals surface area contributed by atoms with Crippen LogP contribution in [0.2, 0.25) is 0 Å². The van der Waals surface area contributed by atoms with Gasteiger partial charge in [-0.25, -0.2) is 4.57 Å². The second kappa shape index (κ2) is 10.1. The number of halogens is 1. The van der Waals surface area contributed by atoms with Gasteiger partial charge in [-0.05, 0) is 31.4 Å². The van der Waals surface area contributed by atoms with E-state index in [1.54, 1.807) is 0 Å². The molecule has 1 aromatic rings. The van der Waals surface area contributed by atoms with Gasteiger partial charge in [-0.1, -0.05) is 6.42 Å². The van der Waals surface area contributed by atoms with Gasteiger partial charge < -0.3 is 22.7 Å². The highest BCUT2D eigenvalue weighted by atomic mass is 79.9. The number of rotatable bonds is 7. The van der Waals surface area contributed by atoms with Gasteiger partial charge in [-0.2, -0.15) is 12.6 Å². The molecule has 0 amide bonds. The van der Waals surface area contributed by atoms with Gasteiger partial charge in [0.25, 0.3) is 0 Å². The van der Waals surface area contributed by atoms with E-state index in [-0.39, 0.29) is 17.0 Å². The van der Waals surface area contributed by atoms with E-state index in [1.807, 2.05) is 0 Å². The predicted octanol–water partition coefficient (Wildman–Crippen LogP) is -1.42. The summed E-state index contributed by atoms with van der Waals surface area (Å²) in [5, 5.41) is 0. The van der Waals surface area contributed by atoms with Crippen LogP contribution in [0.1, 0.15) is 24.8 Å². The largest absolute Gasteiger partial charge is 1.00 e. The quantitative estimate of drug-likeness (QED) is 0.361. The minimum atomic E-state index is 0. The zero-order valence-corrected chi connectivity index (χ0v) is 12.1. The summed E-state index contributed by atoms with van der Waals surface area (Å²) in [5.74, 6) is 0.889. The molecule has 0 aliphatic carbocycles. The van der Waals surface area contributed by atoms with Crippen molar-refractivity contribution in [2.75, 3.05) is 12.3 Å². The van der Waals surface area contributed by atoms with Crippen LogP contribution < -0.4 is 27.3 Å². The minimum Gasteiger partial charge on any atom is -1.00 e. The maximum absolute atomic E-state index is 5.45. The summed E-state index contributed by atoms with van der Waals surface area (Å²) in [6.45, 7) is 1.80. The Bertz CT molecular complexity index is 264. The predicted molar refractivity (Wildman–Crippen MR) is 67.1 cm³/mol. The number of unbranched alkanes of at least 4 members (excludes halogenated alkanes) is 2. The number of thiol groups is 1. The number of aromatic nitrogens is 1. The van der Waals surface area contributed by atoms with Crippen LogP contribution in [0.25, 0.3) is 0 Å². The second-order valence-corrected chi connectivity index (χ2v) is 4.21. The van der Waals surface area contributed by atoms with Gasteiger partial charge in [-0.15, -0.1) is 0 Å². The molecule has 0 saturated carbocycles. The van der Waals surface area contributed by atoms with Crippen molar-refractivity contribution in [3.05, 3.63) is 30.1 Å². The maximum Gasteiger partial charge on any atom is 0.169 e. The van der Waals surface area contributed by atoms with Crippen molar-refractivity contribution in [3.8, 4) is 0 Å². The maximum atomic E-state index is 5.45. The molecule has 0 atom stereocenters. The van der Waals surface area contributed by atoms with Crippen molar-refractivity contribution in [2.24, 2.45) is 5.73 Å². The van der Waals surface area contributed by atoms with Crippen LogP contribution in [0.15, 0.2) is 24.5 Å². The average Bonchev–Trinajstić information content (AvgIpc) is 2.27. The molecule has 0 aliphatic heterocycles. The number of aryl methyl sites for hydroxylation is 2. The Morgan fingerprint density at radius 3 is 2.38 bits per heavy atom. The summed E-state index contributed by atoms with van der Waals surface area (Å²) in [6, 6.07) is 4.40. The van der Waals surface area contributed by atoms with Gasteiger partial charge in [0.1, 0.15) is 0 Å². The lowest BCUT2D eigenvalue weighted by atomic mass is 10.1. The third kappa shape index (κ3) is 6.51. The second-order valence-electron chi connectivity index (χ2n) is 3.77. The number of hydrogen-bond acceptors (Lipinski definition) is 2. The molecule has 0 aliphatic rings. The summed E-state index contributed by atoms with van der Waals surface area (Å²) in [6.07, 6.45) is 9.06. The molecule has 0 aromatic carbocycles. The van der Waals surface area contributed by atoms with Crippen molar-refractivity contribution >= 4 is 12.6 Å². The fraction of sp³-hybridized carbons (Fsp3) is 0.583. The molecular weight excluding hydrogens is 284 g/mol. The number of nitrogens with two attached hydrogens (primary N) is 1. The molecule has 0 saturated heterocycles. The lowest BCUT2D eigenvalue weighted by molar-refractivity contribution is -0.692. The molecular formula is C12H21BrN2S. The summed E-state index contributed by atoms with van der Waals surface area (Å²) < 4.78 is 2.16. The average molecular weight is 305 g/mol. The smallest absolute Gasteiger partial charge is 0.169 e. The normalized spacial score (nSPS) is 9.88. The summed E-state index contributed by atoms with van der Waals surface area (Å²) in [5.41, 5.74) is 6.87. The van der Waals surface area contributed by atoms with Crippen LogP contribution in [0, 0.1) is 0 Å². The van der Waals surface area contributed by atoms with E-state index >= 15 is 0 Å². The summed E-state index contributed by atoms with van der Waals surface area (Å²) in [7, 11) is 0. The van der Waals surface area contributed by atoms with E-state index in [9.17, 15) is 0 Å². The topological polar surface area (TPSA) is 29.9 Å². The van der Waals surface area contributed by atoms with Gasteiger partial charge in [0.05, 0.1) is 0 Å². The Kier molecular flexibility index (Phi) is 10.1. The first-order valence-electron chi connectivity index (χ1n) is 5.65. The Balaban J connectivity index is 0.00000225. The summed E-state index contributed by atoms with van der Waals surface area (Å²) >= 11 is 4.20. The first kappa shape index (κ1) is 15.9. The fourth-order valence-corrected chi connectivity index (χ4v) is 1.80. The Hall–Kier alpha value is -0.0600. The van der Waals surface area contributed by atoms with E-state index in [1.165, 1.54) is 24.8 Å². The van der Waals surface area contributed by atoms with Crippen LogP contribution in [-0.4, -0.2) is 12.3 Å². The highest BCUT2D eigenvalue weighted by molar-refractivity contribution is 7.80. The molecule has 1 rings (SSSR count). The van der Waals surface area contributed by atoms with E-state index in [2.05, 4.69) is 41.7 Å². The van der Waals surface area contributed by atoms with Crippen molar-refractivity contribution < 1.29 is 21.5 Å². The zero-order valence-electron chi connectivity index (χ0n) is 9.61. The van der Waals surface area contributed by atoms with Gasteiger partial charge in [0.15, 0.2) is 18.9 Å². The van der Waals surface area contributed by atoms with Crippen LogP contribution in [0.3, 0.4) is 0 Å². The van der Waals surface area contributed by atoms with Gasteiger partial charge >= 0.3 is 0 Å². The lowest BCUT2D eigenvalue weighted by Gasteiger charge is -2.00. The molecule has 2 N–H and O–H groups in total. The highest BCUT2D eigenvalue weighted by Gasteiger charge is 1.99. The van der Waals surface area contributed by atoms with Gasteiger partial charge in [0.2, 0.25) is 0 Å². The van der Waals surface area contributed by atoms with Gasteiger partial charge in [0, 0.05) is 17.9 Å². The molecule has 0 bridgehead atoms. The molecule has 4 heteroatoms. The molecule has 0 fully saturated rings. The molecule has 0 radical (unpaired) electrons. The molecule has 0 spiro atoms. The third-order valence-corrected chi connectivity index (χ3v) is 2.69. The molecule has 92 valence electrons. The zero-order chi connectivity index (χ0) is 10.9. The highest BCUT2D eigenvalue weighted by Crippen LogP contribution is 2.04. The van der Waals surface area contributed by atoms with Crippen molar-refractivity contribution in [3.63, 3.8) is 0 Å². The van der Waals surface area contributed by atoms with E-state index < -0.39 is 0 Å². The van der Waals surface area contributed by atoms with Crippen molar-refractivity contribution in [1.29, 1.82) is 0 Å². The monoisotopic (exact) mass is 304 g/mol. The molecule has 2 nitrogen and oxygen atoms in total. The molecule has 1 heterocycles. The standard InChI is InChI=1S/C12H20N2S.BrH/c13-7-3-1-2-4-12-5-8-14(9-6-12)10-11-15;/h5-6,8-9H,1-4,7,10-11,13H2;1H. The fourth-order valence-electron chi connectivity index (χ4n) is 1.57. The number of pyridine rings is 1. The number of hydrogen-bond donors (Lipinski definition) is 2. The molecule has 0 unspecified atom stereocenters. The van der Waals surface area contributed by atoms with Crippen LogP contribution in [-0.2, 0) is 13.0 Å².